The van der Waals surface area contributed by atoms with E-state index in [1.165, 1.54) is 12.1 Å². The molecule has 0 saturated carbocycles. The molecule has 4 aromatic rings. The number of carbonyl (C=O) groups excluding carboxylic acids is 1. The molecule has 0 aliphatic carbocycles. The van der Waals surface area contributed by atoms with Gasteiger partial charge in [-0.1, -0.05) is 42.0 Å². The molecule has 3 aromatic carbocycles. The summed E-state index contributed by atoms with van der Waals surface area (Å²) in [6.45, 7) is 1.86. The van der Waals surface area contributed by atoms with Gasteiger partial charge in [-0.2, -0.15) is 13.2 Å². The van der Waals surface area contributed by atoms with Crippen molar-refractivity contribution in [2.24, 2.45) is 5.10 Å². The van der Waals surface area contributed by atoms with E-state index in [0.29, 0.717) is 16.7 Å². The van der Waals surface area contributed by atoms with Crippen molar-refractivity contribution < 1.29 is 17.6 Å². The maximum absolute atomic E-state index is 13.1. The lowest BCUT2D eigenvalue weighted by atomic mass is 10.1. The molecule has 0 unspecified atom stereocenters. The van der Waals surface area contributed by atoms with Crippen LogP contribution in [0.4, 0.5) is 5.69 Å². The van der Waals surface area contributed by atoms with Crippen LogP contribution in [-0.2, 0) is 10.0 Å². The fourth-order valence-electron chi connectivity index (χ4n) is 3.09. The van der Waals surface area contributed by atoms with Crippen LogP contribution in [-0.4, -0.2) is 20.6 Å². The Bertz CT molecular complexity index is 1490. The quantitative estimate of drug-likeness (QED) is 0.313. The van der Waals surface area contributed by atoms with Gasteiger partial charge < -0.3 is 9.73 Å². The van der Waals surface area contributed by atoms with Crippen LogP contribution in [0.2, 0.25) is 0 Å². The standard InChI is InChI=1S/C24H21N3O4S2/c1-16-10-12-20(13-11-16)33(29,30)27-26-24-21(14-17-6-3-4-9-22(17)31-24)23(28)25-18-7-5-8-19(15-18)32-2/h3-15,27H,1-2H3,(H,25,28)/b26-24-. The van der Waals surface area contributed by atoms with Crippen LogP contribution in [0, 0.1) is 6.92 Å². The van der Waals surface area contributed by atoms with Crippen molar-refractivity contribution in [3.63, 3.8) is 0 Å². The Morgan fingerprint density at radius 2 is 1.73 bits per heavy atom. The molecule has 0 spiro atoms. The van der Waals surface area contributed by atoms with Gasteiger partial charge in [0.2, 0.25) is 5.55 Å². The van der Waals surface area contributed by atoms with E-state index in [0.717, 1.165) is 10.5 Å². The largest absolute Gasteiger partial charge is 0.436 e. The second kappa shape index (κ2) is 9.51. The number of benzene rings is 3. The molecule has 4 rings (SSSR count). The Hall–Kier alpha value is -3.56. The summed E-state index contributed by atoms with van der Waals surface area (Å²) in [6.07, 6.45) is 1.94. The zero-order chi connectivity index (χ0) is 23.4. The molecule has 0 radical (unpaired) electrons. The summed E-state index contributed by atoms with van der Waals surface area (Å²) >= 11 is 1.56. The van der Waals surface area contributed by atoms with Gasteiger partial charge in [0.25, 0.3) is 15.9 Å². The molecule has 7 nitrogen and oxygen atoms in total. The first-order chi connectivity index (χ1) is 15.9. The lowest BCUT2D eigenvalue weighted by molar-refractivity contribution is 0.102. The van der Waals surface area contributed by atoms with E-state index in [1.54, 1.807) is 54.2 Å². The highest BCUT2D eigenvalue weighted by molar-refractivity contribution is 7.98. The van der Waals surface area contributed by atoms with E-state index in [1.807, 2.05) is 37.4 Å². The summed E-state index contributed by atoms with van der Waals surface area (Å²) in [5, 5.41) is 7.46. The van der Waals surface area contributed by atoms with Gasteiger partial charge in [0, 0.05) is 16.0 Å². The third-order valence-electron chi connectivity index (χ3n) is 4.83. The molecule has 2 N–H and O–H groups in total. The van der Waals surface area contributed by atoms with E-state index < -0.39 is 15.9 Å². The number of para-hydroxylation sites is 1. The Morgan fingerprint density at radius 3 is 2.48 bits per heavy atom. The van der Waals surface area contributed by atoms with Crippen LogP contribution in [0.3, 0.4) is 0 Å². The molecule has 0 fully saturated rings. The molecule has 0 atom stereocenters. The van der Waals surface area contributed by atoms with Crippen molar-refractivity contribution in [3.05, 3.63) is 95.5 Å². The lowest BCUT2D eigenvalue weighted by Crippen LogP contribution is -2.27. The highest BCUT2D eigenvalue weighted by Gasteiger charge is 2.16. The van der Waals surface area contributed by atoms with Crippen molar-refractivity contribution in [1.29, 1.82) is 0 Å². The first-order valence-corrected chi connectivity index (χ1v) is 12.7. The molecule has 9 heteroatoms. The van der Waals surface area contributed by atoms with Crippen LogP contribution in [0.15, 0.2) is 98.2 Å². The smallest absolute Gasteiger partial charge is 0.276 e. The van der Waals surface area contributed by atoms with Gasteiger partial charge in [-0.3, -0.25) is 4.79 Å². The van der Waals surface area contributed by atoms with Crippen molar-refractivity contribution in [2.45, 2.75) is 16.7 Å². The predicted octanol–water partition coefficient (Wildman–Crippen LogP) is 4.51. The maximum Gasteiger partial charge on any atom is 0.276 e. The van der Waals surface area contributed by atoms with Gasteiger partial charge in [-0.15, -0.1) is 16.9 Å². The molecule has 1 aromatic heterocycles. The van der Waals surface area contributed by atoms with E-state index >= 15 is 0 Å². The molecule has 0 aliphatic heterocycles. The molecular formula is C24H21N3O4S2. The summed E-state index contributed by atoms with van der Waals surface area (Å²) in [5.74, 6) is -0.476. The predicted molar refractivity (Wildman–Crippen MR) is 129 cm³/mol. The topological polar surface area (TPSA) is 101 Å². The van der Waals surface area contributed by atoms with Gasteiger partial charge in [-0.05, 0) is 55.6 Å². The first kappa shape index (κ1) is 22.6. The molecular weight excluding hydrogens is 458 g/mol. The van der Waals surface area contributed by atoms with E-state index in [-0.39, 0.29) is 16.0 Å². The molecule has 0 bridgehead atoms. The Balaban J connectivity index is 1.74. The molecule has 168 valence electrons. The summed E-state index contributed by atoms with van der Waals surface area (Å²) in [4.78, 5) is 16.3. The SMILES string of the molecule is CSc1cccc(NC(=O)c2cc3ccccc3o/c2=N\NS(=O)(=O)c2ccc(C)cc2)c1. The van der Waals surface area contributed by atoms with Crippen molar-refractivity contribution >= 4 is 44.3 Å². The Kier molecular flexibility index (Phi) is 6.52. The number of hydrogen-bond donors (Lipinski definition) is 2. The highest BCUT2D eigenvalue weighted by Crippen LogP contribution is 2.20. The molecule has 33 heavy (non-hydrogen) atoms. The van der Waals surface area contributed by atoms with Crippen molar-refractivity contribution in [1.82, 2.24) is 4.83 Å². The van der Waals surface area contributed by atoms with Crippen LogP contribution in [0.1, 0.15) is 15.9 Å². The number of aryl methyl sites for hydroxylation is 1. The number of anilines is 1. The number of thioether (sulfide) groups is 1. The number of amides is 1. The van der Waals surface area contributed by atoms with Crippen molar-refractivity contribution in [2.75, 3.05) is 11.6 Å². The molecule has 1 amide bonds. The summed E-state index contributed by atoms with van der Waals surface area (Å²) in [5.41, 5.74) is 1.94. The summed E-state index contributed by atoms with van der Waals surface area (Å²) in [7, 11) is -3.95. The van der Waals surface area contributed by atoms with E-state index in [2.05, 4.69) is 15.2 Å². The summed E-state index contributed by atoms with van der Waals surface area (Å²) < 4.78 is 31.1. The number of hydrogen-bond acceptors (Lipinski definition) is 6. The fourth-order valence-corrected chi connectivity index (χ4v) is 4.35. The van der Waals surface area contributed by atoms with Crippen LogP contribution in [0.5, 0.6) is 0 Å². The third kappa shape index (κ3) is 5.27. The average Bonchev–Trinajstić information content (AvgIpc) is 2.82. The fraction of sp³-hybridized carbons (Fsp3) is 0.0833. The normalized spacial score (nSPS) is 12.0. The Labute approximate surface area is 195 Å². The monoisotopic (exact) mass is 479 g/mol. The van der Waals surface area contributed by atoms with Gasteiger partial charge in [0.15, 0.2) is 0 Å². The van der Waals surface area contributed by atoms with Crippen LogP contribution < -0.4 is 15.7 Å². The van der Waals surface area contributed by atoms with Crippen molar-refractivity contribution in [3.8, 4) is 0 Å². The number of nitrogens with one attached hydrogen (secondary N) is 2. The number of nitrogens with zero attached hydrogens (tertiary/aromatic N) is 1. The molecule has 0 saturated heterocycles. The van der Waals surface area contributed by atoms with E-state index in [9.17, 15) is 13.2 Å². The van der Waals surface area contributed by atoms with E-state index in [4.69, 9.17) is 4.42 Å². The second-order valence-corrected chi connectivity index (χ2v) is 9.75. The zero-order valence-electron chi connectivity index (χ0n) is 17.9. The number of carbonyl (C=O) groups is 1. The minimum Gasteiger partial charge on any atom is -0.436 e. The van der Waals surface area contributed by atoms with Gasteiger partial charge in [-0.25, -0.2) is 0 Å². The van der Waals surface area contributed by atoms with Crippen LogP contribution >= 0.6 is 11.8 Å². The van der Waals surface area contributed by atoms with Gasteiger partial charge in [0.1, 0.15) is 11.1 Å². The molecule has 1 heterocycles. The van der Waals surface area contributed by atoms with Crippen LogP contribution in [0.25, 0.3) is 11.0 Å². The number of fused-ring (bicyclic) bond motifs is 1. The summed E-state index contributed by atoms with van der Waals surface area (Å²) in [6, 6.07) is 22.5. The van der Waals surface area contributed by atoms with Gasteiger partial charge >= 0.3 is 0 Å². The third-order valence-corrected chi connectivity index (χ3v) is 6.78. The minimum absolute atomic E-state index is 0.0533. The Morgan fingerprint density at radius 1 is 0.970 bits per heavy atom. The average molecular weight is 480 g/mol. The lowest BCUT2D eigenvalue weighted by Gasteiger charge is -2.08. The zero-order valence-corrected chi connectivity index (χ0v) is 19.5. The minimum atomic E-state index is -3.95. The maximum atomic E-state index is 13.1. The van der Waals surface area contributed by atoms with Gasteiger partial charge in [0.05, 0.1) is 4.90 Å². The highest BCUT2D eigenvalue weighted by atomic mass is 32.2. The molecule has 0 aliphatic rings. The number of rotatable bonds is 6. The number of sulfonamides is 1. The first-order valence-electron chi connectivity index (χ1n) is 9.96. The second-order valence-electron chi connectivity index (χ2n) is 7.21.